The molecule has 0 saturated heterocycles. The Kier molecular flexibility index (Phi) is 3.30. The summed E-state index contributed by atoms with van der Waals surface area (Å²) in [6, 6.07) is 14.3. The van der Waals surface area contributed by atoms with E-state index in [4.69, 9.17) is 4.74 Å². The smallest absolute Gasteiger partial charge is 0.120 e. The van der Waals surface area contributed by atoms with Gasteiger partial charge in [0.1, 0.15) is 12.4 Å². The first-order valence-electron chi connectivity index (χ1n) is 6.17. The van der Waals surface area contributed by atoms with Crippen LogP contribution in [0.3, 0.4) is 0 Å². The number of hydrogen-bond acceptors (Lipinski definition) is 1. The minimum atomic E-state index is 0.574. The van der Waals surface area contributed by atoms with E-state index in [-0.39, 0.29) is 0 Å². The first kappa shape index (κ1) is 12.3. The van der Waals surface area contributed by atoms with Crippen molar-refractivity contribution in [2.24, 2.45) is 0 Å². The molecule has 0 amide bonds. The van der Waals surface area contributed by atoms with Gasteiger partial charge < -0.3 is 9.72 Å². The highest BCUT2D eigenvalue weighted by atomic mass is 79.9. The van der Waals surface area contributed by atoms with Crippen LogP contribution in [-0.2, 0) is 6.61 Å². The second-order valence-corrected chi connectivity index (χ2v) is 5.52. The lowest BCUT2D eigenvalue weighted by Gasteiger charge is -2.06. The molecule has 2 nitrogen and oxygen atoms in total. The van der Waals surface area contributed by atoms with Crippen LogP contribution in [0.4, 0.5) is 0 Å². The summed E-state index contributed by atoms with van der Waals surface area (Å²) in [7, 11) is 0. The molecule has 0 radical (unpaired) electrons. The van der Waals surface area contributed by atoms with Crippen molar-refractivity contribution in [1.82, 2.24) is 4.98 Å². The molecule has 0 aliphatic heterocycles. The number of halogens is 1. The Morgan fingerprint density at radius 1 is 1.16 bits per heavy atom. The molecule has 0 atom stereocenters. The fourth-order valence-electron chi connectivity index (χ4n) is 2.14. The summed E-state index contributed by atoms with van der Waals surface area (Å²) in [6.45, 7) is 2.64. The summed E-state index contributed by atoms with van der Waals surface area (Å²) in [5.41, 5.74) is 3.50. The molecule has 19 heavy (non-hydrogen) atoms. The molecule has 0 spiro atoms. The molecule has 3 rings (SSSR count). The maximum atomic E-state index is 5.84. The molecule has 3 aromatic rings. The third-order valence-corrected chi connectivity index (χ3v) is 3.61. The summed E-state index contributed by atoms with van der Waals surface area (Å²) < 4.78 is 6.91. The number of H-pyrrole nitrogens is 1. The minimum Gasteiger partial charge on any atom is -0.489 e. The van der Waals surface area contributed by atoms with Crippen molar-refractivity contribution in [2.45, 2.75) is 13.5 Å². The monoisotopic (exact) mass is 315 g/mol. The highest BCUT2D eigenvalue weighted by Gasteiger charge is 2.04. The number of nitrogens with one attached hydrogen (secondary N) is 1. The van der Waals surface area contributed by atoms with Crippen LogP contribution >= 0.6 is 15.9 Å². The van der Waals surface area contributed by atoms with Gasteiger partial charge in [-0.05, 0) is 36.8 Å². The first-order chi connectivity index (χ1) is 9.22. The van der Waals surface area contributed by atoms with E-state index in [1.54, 1.807) is 0 Å². The molecule has 1 aromatic heterocycles. The highest BCUT2D eigenvalue weighted by Crippen LogP contribution is 2.23. The number of hydrogen-bond donors (Lipinski definition) is 1. The van der Waals surface area contributed by atoms with Crippen molar-refractivity contribution < 1.29 is 4.74 Å². The molecule has 3 heteroatoms. The van der Waals surface area contributed by atoms with E-state index in [9.17, 15) is 0 Å². The lowest BCUT2D eigenvalue weighted by Crippen LogP contribution is -1.94. The average molecular weight is 316 g/mol. The largest absolute Gasteiger partial charge is 0.489 e. The molecule has 1 heterocycles. The van der Waals surface area contributed by atoms with Gasteiger partial charge in [-0.3, -0.25) is 0 Å². The van der Waals surface area contributed by atoms with E-state index < -0.39 is 0 Å². The Labute approximate surface area is 120 Å². The van der Waals surface area contributed by atoms with Crippen LogP contribution < -0.4 is 4.74 Å². The average Bonchev–Trinajstić information content (AvgIpc) is 2.78. The van der Waals surface area contributed by atoms with Gasteiger partial charge in [-0.25, -0.2) is 0 Å². The molecule has 1 N–H and O–H groups in total. The maximum absolute atomic E-state index is 5.84. The number of ether oxygens (including phenoxy) is 1. The lowest BCUT2D eigenvalue weighted by molar-refractivity contribution is 0.307. The molecule has 96 valence electrons. The van der Waals surface area contributed by atoms with Gasteiger partial charge in [-0.15, -0.1) is 0 Å². The van der Waals surface area contributed by atoms with E-state index in [1.165, 1.54) is 16.5 Å². The zero-order valence-electron chi connectivity index (χ0n) is 10.6. The quantitative estimate of drug-likeness (QED) is 0.736. The van der Waals surface area contributed by atoms with Gasteiger partial charge >= 0.3 is 0 Å². The van der Waals surface area contributed by atoms with Gasteiger partial charge in [-0.2, -0.15) is 0 Å². The standard InChI is InChI=1S/C16H14BrNO/c1-11-3-2-4-14(7-11)19-10-12-9-18-16-8-13(17)5-6-15(12)16/h2-9,18H,10H2,1H3. The third kappa shape index (κ3) is 2.66. The molecule has 0 unspecified atom stereocenters. The minimum absolute atomic E-state index is 0.574. The summed E-state index contributed by atoms with van der Waals surface area (Å²) in [6.07, 6.45) is 2.01. The molecular weight excluding hydrogens is 302 g/mol. The van der Waals surface area contributed by atoms with Gasteiger partial charge in [0.25, 0.3) is 0 Å². The maximum Gasteiger partial charge on any atom is 0.120 e. The van der Waals surface area contributed by atoms with Gasteiger partial charge in [0, 0.05) is 27.1 Å². The summed E-state index contributed by atoms with van der Waals surface area (Å²) in [5, 5.41) is 1.20. The van der Waals surface area contributed by atoms with Crippen molar-refractivity contribution in [3.8, 4) is 5.75 Å². The summed E-state index contributed by atoms with van der Waals surface area (Å²) in [5.74, 6) is 0.909. The lowest BCUT2D eigenvalue weighted by atomic mass is 10.2. The van der Waals surface area contributed by atoms with Gasteiger partial charge in [0.2, 0.25) is 0 Å². The number of benzene rings is 2. The molecule has 0 aliphatic rings. The second-order valence-electron chi connectivity index (χ2n) is 4.61. The summed E-state index contributed by atoms with van der Waals surface area (Å²) >= 11 is 3.47. The molecule has 2 aromatic carbocycles. The Bertz CT molecular complexity index is 718. The highest BCUT2D eigenvalue weighted by molar-refractivity contribution is 9.10. The zero-order valence-corrected chi connectivity index (χ0v) is 12.2. The Balaban J connectivity index is 1.82. The van der Waals surface area contributed by atoms with Crippen LogP contribution in [0.15, 0.2) is 53.1 Å². The fraction of sp³-hybridized carbons (Fsp3) is 0.125. The number of fused-ring (bicyclic) bond motifs is 1. The predicted molar refractivity (Wildman–Crippen MR) is 81.5 cm³/mol. The van der Waals surface area contributed by atoms with Crippen LogP contribution in [0.1, 0.15) is 11.1 Å². The second kappa shape index (κ2) is 5.10. The van der Waals surface area contributed by atoms with Gasteiger partial charge in [0.05, 0.1) is 0 Å². The zero-order chi connectivity index (χ0) is 13.2. The molecule has 0 aliphatic carbocycles. The van der Waals surface area contributed by atoms with Crippen molar-refractivity contribution >= 4 is 26.8 Å². The number of aryl methyl sites for hydroxylation is 1. The Hall–Kier alpha value is -1.74. The molecular formula is C16H14BrNO. The fourth-order valence-corrected chi connectivity index (χ4v) is 2.51. The molecule has 0 fully saturated rings. The van der Waals surface area contributed by atoms with Crippen molar-refractivity contribution in [3.05, 3.63) is 64.3 Å². The third-order valence-electron chi connectivity index (χ3n) is 3.11. The van der Waals surface area contributed by atoms with Crippen LogP contribution in [-0.4, -0.2) is 4.98 Å². The van der Waals surface area contributed by atoms with E-state index in [0.29, 0.717) is 6.61 Å². The Morgan fingerprint density at radius 2 is 2.05 bits per heavy atom. The van der Waals surface area contributed by atoms with Gasteiger partial charge in [-0.1, -0.05) is 34.1 Å². The van der Waals surface area contributed by atoms with Crippen molar-refractivity contribution in [2.75, 3.05) is 0 Å². The van der Waals surface area contributed by atoms with Crippen molar-refractivity contribution in [1.29, 1.82) is 0 Å². The van der Waals surface area contributed by atoms with E-state index in [2.05, 4.69) is 46.0 Å². The van der Waals surface area contributed by atoms with Crippen molar-refractivity contribution in [3.63, 3.8) is 0 Å². The Morgan fingerprint density at radius 3 is 2.89 bits per heavy atom. The van der Waals surface area contributed by atoms with Crippen LogP contribution in [0, 0.1) is 6.92 Å². The SMILES string of the molecule is Cc1cccc(OCc2c[nH]c3cc(Br)ccc23)c1. The predicted octanol–water partition coefficient (Wildman–Crippen LogP) is 4.82. The number of rotatable bonds is 3. The van der Waals surface area contributed by atoms with Gasteiger partial charge in [0.15, 0.2) is 0 Å². The van der Waals surface area contributed by atoms with Crippen LogP contribution in [0.5, 0.6) is 5.75 Å². The van der Waals surface area contributed by atoms with E-state index in [0.717, 1.165) is 15.7 Å². The first-order valence-corrected chi connectivity index (χ1v) is 6.97. The topological polar surface area (TPSA) is 25.0 Å². The molecule has 0 saturated carbocycles. The number of aromatic nitrogens is 1. The number of aromatic amines is 1. The van der Waals surface area contributed by atoms with Crippen LogP contribution in [0.2, 0.25) is 0 Å². The van der Waals surface area contributed by atoms with Crippen LogP contribution in [0.25, 0.3) is 10.9 Å². The van der Waals surface area contributed by atoms with E-state index in [1.807, 2.05) is 30.5 Å². The summed E-state index contributed by atoms with van der Waals surface area (Å²) in [4.78, 5) is 3.27. The molecule has 0 bridgehead atoms. The van der Waals surface area contributed by atoms with E-state index >= 15 is 0 Å². The normalized spacial score (nSPS) is 10.8.